The molecule has 1 N–H and O–H groups in total. The minimum atomic E-state index is -0.0295. The summed E-state index contributed by atoms with van der Waals surface area (Å²) >= 11 is 0. The number of aliphatic imine (C=N–C) groups is 1. The molecule has 1 aliphatic rings. The van der Waals surface area contributed by atoms with Crippen LogP contribution in [-0.2, 0) is 0 Å². The Morgan fingerprint density at radius 1 is 1.50 bits per heavy atom. The highest BCUT2D eigenvalue weighted by molar-refractivity contribution is 6.01. The average molecular weight is 162 g/mol. The molecule has 0 spiro atoms. The van der Waals surface area contributed by atoms with Crippen molar-refractivity contribution < 1.29 is 0 Å². The van der Waals surface area contributed by atoms with Crippen molar-refractivity contribution in [3.8, 4) is 0 Å². The molecule has 3 nitrogen and oxygen atoms in total. The molecule has 0 aliphatic carbocycles. The van der Waals surface area contributed by atoms with E-state index in [1.54, 1.807) is 6.20 Å². The summed E-state index contributed by atoms with van der Waals surface area (Å²) in [5.74, 6) is 0. The van der Waals surface area contributed by atoms with Gasteiger partial charge in [0.05, 0.1) is 5.56 Å². The van der Waals surface area contributed by atoms with Gasteiger partial charge in [-0.15, -0.1) is 0 Å². The third kappa shape index (κ3) is 1.18. The molecule has 1 aliphatic heterocycles. The van der Waals surface area contributed by atoms with E-state index in [1.165, 1.54) is 0 Å². The Bertz CT molecular complexity index is 365. The van der Waals surface area contributed by atoms with E-state index in [0.29, 0.717) is 0 Å². The van der Waals surface area contributed by atoms with Crippen molar-refractivity contribution in [2.24, 2.45) is 4.99 Å². The lowest BCUT2D eigenvalue weighted by molar-refractivity contribution is 0.951. The van der Waals surface area contributed by atoms with Crippen molar-refractivity contribution in [1.82, 2.24) is 4.98 Å². The van der Waals surface area contributed by atoms with Gasteiger partial charge in [-0.25, -0.2) is 0 Å². The lowest BCUT2D eigenvalue weighted by Gasteiger charge is -1.96. The molecule has 2 rings (SSSR count). The molecule has 62 valence electrons. The molecule has 0 bridgehead atoms. The molecule has 0 fully saturated rings. The van der Waals surface area contributed by atoms with E-state index in [1.807, 2.05) is 12.1 Å². The van der Waals surface area contributed by atoms with E-state index in [0.717, 1.165) is 30.7 Å². The normalized spacial score (nSPS) is 16.2. The quantitative estimate of drug-likeness (QED) is 0.656. The number of pyridine rings is 1. The maximum absolute atomic E-state index is 11.3. The van der Waals surface area contributed by atoms with Crippen molar-refractivity contribution in [2.45, 2.75) is 12.8 Å². The van der Waals surface area contributed by atoms with E-state index in [4.69, 9.17) is 0 Å². The molecule has 0 saturated heterocycles. The van der Waals surface area contributed by atoms with Gasteiger partial charge in [0.1, 0.15) is 0 Å². The Labute approximate surface area is 70.2 Å². The molecule has 0 aromatic carbocycles. The second kappa shape index (κ2) is 2.93. The molecular weight excluding hydrogens is 152 g/mol. The highest BCUT2D eigenvalue weighted by Gasteiger charge is 2.10. The second-order valence-corrected chi connectivity index (χ2v) is 2.84. The van der Waals surface area contributed by atoms with Crippen LogP contribution in [0.4, 0.5) is 0 Å². The van der Waals surface area contributed by atoms with Crippen LogP contribution in [0.2, 0.25) is 0 Å². The third-order valence-electron chi connectivity index (χ3n) is 2.00. The van der Waals surface area contributed by atoms with Crippen molar-refractivity contribution >= 4 is 5.71 Å². The third-order valence-corrected chi connectivity index (χ3v) is 2.00. The topological polar surface area (TPSA) is 45.2 Å². The Hall–Kier alpha value is -1.38. The van der Waals surface area contributed by atoms with Crippen molar-refractivity contribution in [3.63, 3.8) is 0 Å². The number of nitrogens with zero attached hydrogens (tertiary/aromatic N) is 1. The van der Waals surface area contributed by atoms with Gasteiger partial charge >= 0.3 is 0 Å². The molecule has 2 heterocycles. The van der Waals surface area contributed by atoms with Crippen LogP contribution >= 0.6 is 0 Å². The van der Waals surface area contributed by atoms with Crippen LogP contribution in [-0.4, -0.2) is 17.2 Å². The Morgan fingerprint density at radius 2 is 2.42 bits per heavy atom. The van der Waals surface area contributed by atoms with Crippen LogP contribution in [0.25, 0.3) is 0 Å². The highest BCUT2D eigenvalue weighted by Crippen LogP contribution is 2.08. The summed E-state index contributed by atoms with van der Waals surface area (Å²) in [6.07, 6.45) is 3.65. The standard InChI is InChI=1S/C9H10N2O/c12-9-7(3-1-6-11-9)8-4-2-5-10-8/h1,3,6H,2,4-5H2,(H,11,12). The number of H-pyrrole nitrogens is 1. The SMILES string of the molecule is O=c1[nH]cccc1C1=NCCC1. The first kappa shape index (κ1) is 7.28. The molecule has 1 aromatic rings. The van der Waals surface area contributed by atoms with Gasteiger partial charge in [-0.3, -0.25) is 9.79 Å². The van der Waals surface area contributed by atoms with E-state index < -0.39 is 0 Å². The first-order valence-corrected chi connectivity index (χ1v) is 4.09. The largest absolute Gasteiger partial charge is 0.329 e. The van der Waals surface area contributed by atoms with Crippen LogP contribution in [0.5, 0.6) is 0 Å². The van der Waals surface area contributed by atoms with E-state index >= 15 is 0 Å². The maximum Gasteiger partial charge on any atom is 0.257 e. The molecule has 3 heteroatoms. The van der Waals surface area contributed by atoms with E-state index in [9.17, 15) is 4.79 Å². The predicted octanol–water partition coefficient (Wildman–Crippen LogP) is 0.958. The number of hydrogen-bond acceptors (Lipinski definition) is 2. The van der Waals surface area contributed by atoms with Crippen LogP contribution in [0.1, 0.15) is 18.4 Å². The Kier molecular flexibility index (Phi) is 1.78. The fraction of sp³-hybridized carbons (Fsp3) is 0.333. The summed E-state index contributed by atoms with van der Waals surface area (Å²) in [6, 6.07) is 3.65. The monoisotopic (exact) mass is 162 g/mol. The van der Waals surface area contributed by atoms with Gasteiger partial charge < -0.3 is 4.98 Å². The van der Waals surface area contributed by atoms with Crippen molar-refractivity contribution in [3.05, 3.63) is 34.2 Å². The number of rotatable bonds is 1. The summed E-state index contributed by atoms with van der Waals surface area (Å²) in [5.41, 5.74) is 1.66. The predicted molar refractivity (Wildman–Crippen MR) is 47.7 cm³/mol. The number of aromatic nitrogens is 1. The lowest BCUT2D eigenvalue weighted by atomic mass is 10.1. The van der Waals surface area contributed by atoms with Gasteiger partial charge in [0.15, 0.2) is 0 Å². The summed E-state index contributed by atoms with van der Waals surface area (Å²) < 4.78 is 0. The number of hydrogen-bond donors (Lipinski definition) is 1. The van der Waals surface area contributed by atoms with Gasteiger partial charge in [0.25, 0.3) is 5.56 Å². The Balaban J connectivity index is 2.46. The smallest absolute Gasteiger partial charge is 0.257 e. The molecule has 0 atom stereocenters. The lowest BCUT2D eigenvalue weighted by Crippen LogP contribution is -2.15. The molecule has 0 radical (unpaired) electrons. The molecule has 1 aromatic heterocycles. The summed E-state index contributed by atoms with van der Waals surface area (Å²) in [6.45, 7) is 0.865. The van der Waals surface area contributed by atoms with Gasteiger partial charge in [-0.1, -0.05) is 0 Å². The van der Waals surface area contributed by atoms with Crippen molar-refractivity contribution in [1.29, 1.82) is 0 Å². The van der Waals surface area contributed by atoms with Crippen molar-refractivity contribution in [2.75, 3.05) is 6.54 Å². The minimum Gasteiger partial charge on any atom is -0.329 e. The fourth-order valence-corrected chi connectivity index (χ4v) is 1.41. The van der Waals surface area contributed by atoms with Gasteiger partial charge in [-0.2, -0.15) is 0 Å². The van der Waals surface area contributed by atoms with Gasteiger partial charge in [-0.05, 0) is 25.0 Å². The molecule has 12 heavy (non-hydrogen) atoms. The first-order valence-electron chi connectivity index (χ1n) is 4.09. The van der Waals surface area contributed by atoms with Gasteiger partial charge in [0.2, 0.25) is 0 Å². The van der Waals surface area contributed by atoms with Crippen LogP contribution in [0.3, 0.4) is 0 Å². The summed E-state index contributed by atoms with van der Waals surface area (Å²) in [4.78, 5) is 18.2. The molecular formula is C9H10N2O. The second-order valence-electron chi connectivity index (χ2n) is 2.84. The first-order chi connectivity index (χ1) is 5.88. The molecule has 0 saturated carbocycles. The minimum absolute atomic E-state index is 0.0295. The zero-order valence-corrected chi connectivity index (χ0v) is 6.71. The van der Waals surface area contributed by atoms with Gasteiger partial charge in [0, 0.05) is 18.5 Å². The van der Waals surface area contributed by atoms with E-state index in [-0.39, 0.29) is 5.56 Å². The maximum atomic E-state index is 11.3. The van der Waals surface area contributed by atoms with Crippen LogP contribution < -0.4 is 5.56 Å². The van der Waals surface area contributed by atoms with Crippen LogP contribution in [0.15, 0.2) is 28.1 Å². The molecule has 0 amide bonds. The van der Waals surface area contributed by atoms with E-state index in [2.05, 4.69) is 9.98 Å². The number of aromatic amines is 1. The Morgan fingerprint density at radius 3 is 3.08 bits per heavy atom. The summed E-state index contributed by atoms with van der Waals surface area (Å²) in [7, 11) is 0. The highest BCUT2D eigenvalue weighted by atomic mass is 16.1. The fourth-order valence-electron chi connectivity index (χ4n) is 1.41. The van der Waals surface area contributed by atoms with Crippen LogP contribution in [0, 0.1) is 0 Å². The zero-order chi connectivity index (χ0) is 8.39. The number of nitrogens with one attached hydrogen (secondary N) is 1. The molecule has 0 unspecified atom stereocenters. The average Bonchev–Trinajstić information content (AvgIpc) is 2.57. The zero-order valence-electron chi connectivity index (χ0n) is 6.71. The summed E-state index contributed by atoms with van der Waals surface area (Å²) in [5, 5.41) is 0.